The number of aromatic nitrogens is 1. The Morgan fingerprint density at radius 1 is 0.958 bits per heavy atom. The lowest BCUT2D eigenvalue weighted by molar-refractivity contribution is 0.318. The molecule has 3 aromatic rings. The first-order valence-electron chi connectivity index (χ1n) is 8.33. The van der Waals surface area contributed by atoms with Crippen molar-refractivity contribution >= 4 is 22.7 Å². The van der Waals surface area contributed by atoms with E-state index in [1.165, 1.54) is 22.1 Å². The molecule has 124 valence electrons. The third-order valence-electron chi connectivity index (χ3n) is 4.02. The molecular weight excluding hydrogens is 314 g/mol. The van der Waals surface area contributed by atoms with Gasteiger partial charge in [0, 0.05) is 11.1 Å². The number of fused-ring (bicyclic) bond motifs is 1. The van der Waals surface area contributed by atoms with Crippen molar-refractivity contribution in [1.82, 2.24) is 4.98 Å². The van der Waals surface area contributed by atoms with Gasteiger partial charge in [-0.25, -0.2) is 4.98 Å². The fraction of sp³-hybridized carbons (Fsp3) is 0.286. The van der Waals surface area contributed by atoms with Crippen LogP contribution < -0.4 is 4.74 Å². The van der Waals surface area contributed by atoms with Gasteiger partial charge in [-0.15, -0.1) is 11.8 Å². The fourth-order valence-electron chi connectivity index (χ4n) is 2.74. The van der Waals surface area contributed by atoms with E-state index in [1.54, 1.807) is 11.8 Å². The zero-order chi connectivity index (χ0) is 16.9. The van der Waals surface area contributed by atoms with E-state index in [-0.39, 0.29) is 0 Å². The minimum absolute atomic E-state index is 0.738. The highest BCUT2D eigenvalue weighted by atomic mass is 32.2. The normalized spacial score (nSPS) is 11.0. The number of ether oxygens (including phenoxy) is 1. The summed E-state index contributed by atoms with van der Waals surface area (Å²) in [6.45, 7) is 7.10. The molecule has 0 aliphatic carbocycles. The van der Waals surface area contributed by atoms with Crippen LogP contribution in [0.1, 0.15) is 23.1 Å². The summed E-state index contributed by atoms with van der Waals surface area (Å²) in [6, 6.07) is 16.8. The number of thioether (sulfide) groups is 1. The molecule has 24 heavy (non-hydrogen) atoms. The van der Waals surface area contributed by atoms with Gasteiger partial charge in [-0.3, -0.25) is 0 Å². The van der Waals surface area contributed by atoms with Crippen molar-refractivity contribution in [2.75, 3.05) is 12.4 Å². The number of hydrogen-bond acceptors (Lipinski definition) is 3. The van der Waals surface area contributed by atoms with Gasteiger partial charge >= 0.3 is 0 Å². The van der Waals surface area contributed by atoms with Crippen LogP contribution in [0.3, 0.4) is 0 Å². The van der Waals surface area contributed by atoms with Crippen molar-refractivity contribution in [2.24, 2.45) is 0 Å². The van der Waals surface area contributed by atoms with Crippen LogP contribution >= 0.6 is 11.8 Å². The molecule has 2 aromatic carbocycles. The monoisotopic (exact) mass is 337 g/mol. The van der Waals surface area contributed by atoms with E-state index in [1.807, 2.05) is 12.1 Å². The van der Waals surface area contributed by atoms with E-state index in [0.29, 0.717) is 0 Å². The number of nitrogens with zero attached hydrogens (tertiary/aromatic N) is 1. The van der Waals surface area contributed by atoms with Gasteiger partial charge in [-0.2, -0.15) is 0 Å². The average molecular weight is 337 g/mol. The first-order chi connectivity index (χ1) is 11.6. The highest BCUT2D eigenvalue weighted by Gasteiger charge is 2.05. The van der Waals surface area contributed by atoms with Gasteiger partial charge in [0.15, 0.2) is 0 Å². The summed E-state index contributed by atoms with van der Waals surface area (Å²) in [5.74, 6) is 1.96. The van der Waals surface area contributed by atoms with E-state index in [2.05, 4.69) is 57.2 Å². The van der Waals surface area contributed by atoms with Crippen LogP contribution in [0.5, 0.6) is 5.75 Å². The molecule has 0 saturated carbocycles. The highest BCUT2D eigenvalue weighted by Crippen LogP contribution is 2.26. The molecule has 2 nitrogen and oxygen atoms in total. The third kappa shape index (κ3) is 4.09. The molecule has 0 fully saturated rings. The van der Waals surface area contributed by atoms with Crippen LogP contribution in [0, 0.1) is 20.8 Å². The van der Waals surface area contributed by atoms with Crippen molar-refractivity contribution < 1.29 is 4.74 Å². The Morgan fingerprint density at radius 2 is 1.79 bits per heavy atom. The van der Waals surface area contributed by atoms with Crippen LogP contribution in [0.4, 0.5) is 0 Å². The summed E-state index contributed by atoms with van der Waals surface area (Å²) < 4.78 is 5.80. The molecule has 0 unspecified atom stereocenters. The summed E-state index contributed by atoms with van der Waals surface area (Å²) in [5, 5.41) is 2.35. The predicted molar refractivity (Wildman–Crippen MR) is 103 cm³/mol. The first-order valence-corrected chi connectivity index (χ1v) is 9.31. The Kier molecular flexibility index (Phi) is 5.41. The minimum Gasteiger partial charge on any atom is -0.494 e. The molecule has 0 saturated heterocycles. The Hall–Kier alpha value is -2.00. The van der Waals surface area contributed by atoms with E-state index < -0.39 is 0 Å². The number of hydrogen-bond donors (Lipinski definition) is 0. The van der Waals surface area contributed by atoms with Crippen molar-refractivity contribution in [3.05, 3.63) is 65.2 Å². The molecule has 3 rings (SSSR count). The molecule has 0 atom stereocenters. The van der Waals surface area contributed by atoms with Gasteiger partial charge in [0.2, 0.25) is 0 Å². The zero-order valence-electron chi connectivity index (χ0n) is 14.5. The number of para-hydroxylation sites is 1. The first kappa shape index (κ1) is 16.8. The lowest BCUT2D eigenvalue weighted by Crippen LogP contribution is -1.99. The van der Waals surface area contributed by atoms with Crippen LogP contribution in [0.2, 0.25) is 0 Å². The van der Waals surface area contributed by atoms with Crippen molar-refractivity contribution in [3.63, 3.8) is 0 Å². The van der Waals surface area contributed by atoms with Gasteiger partial charge in [-0.1, -0.05) is 30.3 Å². The zero-order valence-corrected chi connectivity index (χ0v) is 15.3. The predicted octanol–water partition coefficient (Wildman–Crippen LogP) is 5.72. The third-order valence-corrected chi connectivity index (χ3v) is 5.02. The maximum Gasteiger partial charge on any atom is 0.119 e. The second-order valence-electron chi connectivity index (χ2n) is 6.12. The van der Waals surface area contributed by atoms with Crippen molar-refractivity contribution in [2.45, 2.75) is 32.2 Å². The quantitative estimate of drug-likeness (QED) is 0.424. The van der Waals surface area contributed by atoms with E-state index >= 15 is 0 Å². The Balaban J connectivity index is 1.55. The maximum absolute atomic E-state index is 5.80. The number of pyridine rings is 1. The summed E-state index contributed by atoms with van der Waals surface area (Å²) in [4.78, 5) is 4.83. The standard InChI is InChI=1S/C21H23NOS/c1-15-7-4-9-18(13-15)23-11-6-12-24-20-14-17(3)19-10-5-8-16(2)21(19)22-20/h4-5,7-10,13-14H,6,11-12H2,1-3H3. The molecule has 0 radical (unpaired) electrons. The van der Waals surface area contributed by atoms with Crippen LogP contribution in [-0.4, -0.2) is 17.3 Å². The second-order valence-corrected chi connectivity index (χ2v) is 7.23. The average Bonchev–Trinajstić information content (AvgIpc) is 2.56. The van der Waals surface area contributed by atoms with Crippen LogP contribution in [-0.2, 0) is 0 Å². The van der Waals surface area contributed by atoms with E-state index in [9.17, 15) is 0 Å². The molecule has 1 aromatic heterocycles. The highest BCUT2D eigenvalue weighted by molar-refractivity contribution is 7.99. The summed E-state index contributed by atoms with van der Waals surface area (Å²) in [6.07, 6.45) is 1.01. The maximum atomic E-state index is 5.80. The molecule has 0 N–H and O–H groups in total. The summed E-state index contributed by atoms with van der Waals surface area (Å²) >= 11 is 1.81. The molecule has 0 bridgehead atoms. The Morgan fingerprint density at radius 3 is 2.62 bits per heavy atom. The van der Waals surface area contributed by atoms with E-state index in [0.717, 1.165) is 35.1 Å². The topological polar surface area (TPSA) is 22.1 Å². The smallest absolute Gasteiger partial charge is 0.119 e. The van der Waals surface area contributed by atoms with Gasteiger partial charge in [0.25, 0.3) is 0 Å². The Labute approximate surface area is 148 Å². The molecule has 0 aliphatic rings. The van der Waals surface area contributed by atoms with Gasteiger partial charge < -0.3 is 4.74 Å². The molecule has 3 heteroatoms. The largest absolute Gasteiger partial charge is 0.494 e. The Bertz CT molecular complexity index is 844. The van der Waals surface area contributed by atoms with Crippen molar-refractivity contribution in [3.8, 4) is 5.75 Å². The van der Waals surface area contributed by atoms with Gasteiger partial charge in [0.1, 0.15) is 5.75 Å². The molecular formula is C21H23NOS. The van der Waals surface area contributed by atoms with Crippen LogP contribution in [0.25, 0.3) is 10.9 Å². The SMILES string of the molecule is Cc1cccc(OCCCSc2cc(C)c3cccc(C)c3n2)c1. The fourth-order valence-corrected chi connectivity index (χ4v) is 3.62. The number of aryl methyl sites for hydroxylation is 3. The van der Waals surface area contributed by atoms with Crippen molar-refractivity contribution in [1.29, 1.82) is 0 Å². The summed E-state index contributed by atoms with van der Waals surface area (Å²) in [5.41, 5.74) is 4.88. The second kappa shape index (κ2) is 7.71. The number of rotatable bonds is 6. The summed E-state index contributed by atoms with van der Waals surface area (Å²) in [7, 11) is 0. The molecule has 0 amide bonds. The molecule has 1 heterocycles. The lowest BCUT2D eigenvalue weighted by Gasteiger charge is -2.09. The van der Waals surface area contributed by atoms with Gasteiger partial charge in [0.05, 0.1) is 17.1 Å². The molecule has 0 aliphatic heterocycles. The molecule has 0 spiro atoms. The number of benzene rings is 2. The van der Waals surface area contributed by atoms with Crippen LogP contribution in [0.15, 0.2) is 53.6 Å². The van der Waals surface area contributed by atoms with Gasteiger partial charge in [-0.05, 0) is 62.1 Å². The minimum atomic E-state index is 0.738. The van der Waals surface area contributed by atoms with E-state index in [4.69, 9.17) is 9.72 Å². The lowest BCUT2D eigenvalue weighted by atomic mass is 10.1.